The number of pyridine rings is 1. The summed E-state index contributed by atoms with van der Waals surface area (Å²) in [5, 5.41) is 0. The third-order valence-corrected chi connectivity index (χ3v) is 3.23. The Hall–Kier alpha value is -1.68. The van der Waals surface area contributed by atoms with Gasteiger partial charge in [0, 0.05) is 22.3 Å². The van der Waals surface area contributed by atoms with Crippen molar-refractivity contribution < 1.29 is 4.79 Å². The molecule has 1 aromatic heterocycles. The molecule has 0 amide bonds. The predicted octanol–water partition coefficient (Wildman–Crippen LogP) is 3.05. The van der Waals surface area contributed by atoms with E-state index in [1.807, 2.05) is 18.2 Å². The van der Waals surface area contributed by atoms with Crippen LogP contribution in [0.5, 0.6) is 0 Å². The van der Waals surface area contributed by atoms with Crippen LogP contribution in [-0.4, -0.2) is 10.4 Å². The Labute approximate surface area is 113 Å². The average molecular weight is 306 g/mol. The second-order valence-corrected chi connectivity index (χ2v) is 4.91. The number of nitrogens with zero attached hydrogens (tertiary/aromatic N) is 1. The van der Waals surface area contributed by atoms with E-state index in [1.54, 1.807) is 31.3 Å². The minimum absolute atomic E-state index is 0.0733. The number of ketones is 1. The van der Waals surface area contributed by atoms with Gasteiger partial charge in [0.15, 0.2) is 5.78 Å². The molecule has 0 aliphatic carbocycles. The largest absolute Gasteiger partial charge is 0.304 e. The first kappa shape index (κ1) is 12.8. The second kappa shape index (κ2) is 5.31. The van der Waals surface area contributed by atoms with Gasteiger partial charge in [-0.3, -0.25) is 9.59 Å². The molecule has 0 N–H and O–H groups in total. The van der Waals surface area contributed by atoms with Crippen molar-refractivity contribution in [1.82, 2.24) is 4.57 Å². The van der Waals surface area contributed by atoms with Crippen molar-refractivity contribution in [2.24, 2.45) is 0 Å². The van der Waals surface area contributed by atoms with Gasteiger partial charge in [-0.25, -0.2) is 0 Å². The van der Waals surface area contributed by atoms with Gasteiger partial charge < -0.3 is 4.57 Å². The van der Waals surface area contributed by atoms with Crippen molar-refractivity contribution >= 4 is 21.7 Å². The van der Waals surface area contributed by atoms with Gasteiger partial charge in [0.1, 0.15) is 0 Å². The SMILES string of the molecule is CC(C(=O)c1ccccc1)n1cc(Br)ccc1=O. The Bertz CT molecular complexity index is 619. The van der Waals surface area contributed by atoms with Crippen molar-refractivity contribution in [3.63, 3.8) is 0 Å². The smallest absolute Gasteiger partial charge is 0.251 e. The lowest BCUT2D eigenvalue weighted by Gasteiger charge is -2.14. The van der Waals surface area contributed by atoms with E-state index in [4.69, 9.17) is 0 Å². The van der Waals surface area contributed by atoms with Crippen LogP contribution in [0.15, 0.2) is 57.9 Å². The summed E-state index contributed by atoms with van der Waals surface area (Å²) in [7, 11) is 0. The molecule has 92 valence electrons. The van der Waals surface area contributed by atoms with E-state index in [1.165, 1.54) is 10.6 Å². The first-order chi connectivity index (χ1) is 8.59. The van der Waals surface area contributed by atoms with Gasteiger partial charge in [0.25, 0.3) is 5.56 Å². The van der Waals surface area contributed by atoms with Crippen LogP contribution in [0.2, 0.25) is 0 Å². The molecule has 1 heterocycles. The highest BCUT2D eigenvalue weighted by Crippen LogP contribution is 2.14. The second-order valence-electron chi connectivity index (χ2n) is 4.00. The molecule has 2 rings (SSSR count). The molecule has 0 saturated carbocycles. The molecule has 3 nitrogen and oxygen atoms in total. The molecule has 4 heteroatoms. The van der Waals surface area contributed by atoms with Crippen molar-refractivity contribution in [2.75, 3.05) is 0 Å². The average Bonchev–Trinajstić information content (AvgIpc) is 2.41. The van der Waals surface area contributed by atoms with E-state index in [-0.39, 0.29) is 11.3 Å². The quantitative estimate of drug-likeness (QED) is 0.818. The summed E-state index contributed by atoms with van der Waals surface area (Å²) in [4.78, 5) is 24.0. The highest BCUT2D eigenvalue weighted by Gasteiger charge is 2.17. The van der Waals surface area contributed by atoms with Gasteiger partial charge in [-0.1, -0.05) is 30.3 Å². The van der Waals surface area contributed by atoms with Crippen LogP contribution in [0.3, 0.4) is 0 Å². The number of aromatic nitrogens is 1. The first-order valence-corrected chi connectivity index (χ1v) is 6.36. The Balaban J connectivity index is 2.37. The zero-order valence-electron chi connectivity index (χ0n) is 9.84. The normalized spacial score (nSPS) is 12.1. The van der Waals surface area contributed by atoms with E-state index in [9.17, 15) is 9.59 Å². The molecular weight excluding hydrogens is 294 g/mol. The third-order valence-electron chi connectivity index (χ3n) is 2.76. The molecule has 0 saturated heterocycles. The van der Waals surface area contributed by atoms with E-state index in [0.29, 0.717) is 5.56 Å². The number of hydrogen-bond acceptors (Lipinski definition) is 2. The Morgan fingerprint density at radius 1 is 1.17 bits per heavy atom. The summed E-state index contributed by atoms with van der Waals surface area (Å²) < 4.78 is 2.20. The van der Waals surface area contributed by atoms with Gasteiger partial charge in [-0.2, -0.15) is 0 Å². The van der Waals surface area contributed by atoms with Crippen molar-refractivity contribution in [3.8, 4) is 0 Å². The molecule has 1 atom stereocenters. The molecule has 18 heavy (non-hydrogen) atoms. The summed E-state index contributed by atoms with van der Waals surface area (Å²) in [5.41, 5.74) is 0.423. The first-order valence-electron chi connectivity index (χ1n) is 5.56. The number of carbonyl (C=O) groups is 1. The van der Waals surface area contributed by atoms with Crippen LogP contribution < -0.4 is 5.56 Å². The molecular formula is C14H12BrNO2. The molecule has 0 spiro atoms. The predicted molar refractivity (Wildman–Crippen MR) is 73.9 cm³/mol. The van der Waals surface area contributed by atoms with Crippen LogP contribution in [0.4, 0.5) is 0 Å². The molecule has 2 aromatic rings. The van der Waals surface area contributed by atoms with E-state index >= 15 is 0 Å². The Kier molecular flexibility index (Phi) is 3.77. The fraction of sp³-hybridized carbons (Fsp3) is 0.143. The number of benzene rings is 1. The highest BCUT2D eigenvalue weighted by molar-refractivity contribution is 9.10. The number of rotatable bonds is 3. The Morgan fingerprint density at radius 3 is 2.50 bits per heavy atom. The topological polar surface area (TPSA) is 39.1 Å². The van der Waals surface area contributed by atoms with Gasteiger partial charge in [0.05, 0.1) is 6.04 Å². The van der Waals surface area contributed by atoms with Crippen molar-refractivity contribution in [3.05, 3.63) is 69.1 Å². The lowest BCUT2D eigenvalue weighted by atomic mass is 10.1. The van der Waals surface area contributed by atoms with Gasteiger partial charge in [0.2, 0.25) is 0 Å². The maximum absolute atomic E-state index is 12.2. The van der Waals surface area contributed by atoms with Crippen LogP contribution in [0, 0.1) is 0 Å². The molecule has 0 bridgehead atoms. The van der Waals surface area contributed by atoms with E-state index in [0.717, 1.165) is 4.47 Å². The van der Waals surface area contributed by atoms with E-state index < -0.39 is 6.04 Å². The number of carbonyl (C=O) groups excluding carboxylic acids is 1. The summed E-state index contributed by atoms with van der Waals surface area (Å²) >= 11 is 3.30. The Morgan fingerprint density at radius 2 is 1.83 bits per heavy atom. The molecule has 0 radical (unpaired) electrons. The number of halogens is 1. The number of hydrogen-bond donors (Lipinski definition) is 0. The maximum atomic E-state index is 12.2. The zero-order valence-corrected chi connectivity index (χ0v) is 11.4. The third kappa shape index (κ3) is 2.59. The zero-order chi connectivity index (χ0) is 13.1. The van der Waals surface area contributed by atoms with Crippen molar-refractivity contribution in [2.45, 2.75) is 13.0 Å². The maximum Gasteiger partial charge on any atom is 0.251 e. The highest BCUT2D eigenvalue weighted by atomic mass is 79.9. The molecule has 0 aliphatic heterocycles. The lowest BCUT2D eigenvalue weighted by molar-refractivity contribution is 0.0933. The minimum Gasteiger partial charge on any atom is -0.304 e. The van der Waals surface area contributed by atoms with Crippen LogP contribution in [0.1, 0.15) is 23.3 Å². The van der Waals surface area contributed by atoms with Crippen LogP contribution in [-0.2, 0) is 0 Å². The van der Waals surface area contributed by atoms with E-state index in [2.05, 4.69) is 15.9 Å². The number of Topliss-reactive ketones (excluding diaryl/α,β-unsaturated/α-hetero) is 1. The summed E-state index contributed by atoms with van der Waals surface area (Å²) in [6, 6.07) is 11.6. The standard InChI is InChI=1S/C14H12BrNO2/c1-10(14(18)11-5-3-2-4-6-11)16-9-12(15)7-8-13(16)17/h2-10H,1H3. The fourth-order valence-electron chi connectivity index (χ4n) is 1.75. The van der Waals surface area contributed by atoms with Crippen LogP contribution >= 0.6 is 15.9 Å². The van der Waals surface area contributed by atoms with Gasteiger partial charge in [-0.05, 0) is 28.9 Å². The van der Waals surface area contributed by atoms with Gasteiger partial charge in [-0.15, -0.1) is 0 Å². The summed E-state index contributed by atoms with van der Waals surface area (Å²) in [6.45, 7) is 1.73. The summed E-state index contributed by atoms with van der Waals surface area (Å²) in [5.74, 6) is -0.0733. The molecule has 0 fully saturated rings. The van der Waals surface area contributed by atoms with Gasteiger partial charge >= 0.3 is 0 Å². The minimum atomic E-state index is -0.516. The monoisotopic (exact) mass is 305 g/mol. The summed E-state index contributed by atoms with van der Waals surface area (Å²) in [6.07, 6.45) is 1.63. The molecule has 1 aromatic carbocycles. The van der Waals surface area contributed by atoms with Crippen LogP contribution in [0.25, 0.3) is 0 Å². The van der Waals surface area contributed by atoms with Crippen molar-refractivity contribution in [1.29, 1.82) is 0 Å². The molecule has 1 unspecified atom stereocenters. The fourth-order valence-corrected chi connectivity index (χ4v) is 2.10. The molecule has 0 aliphatic rings. The lowest BCUT2D eigenvalue weighted by Crippen LogP contribution is -2.27.